The fourth-order valence-corrected chi connectivity index (χ4v) is 5.39. The molecule has 0 radical (unpaired) electrons. The number of carbonyl (C=O) groups is 1. The lowest BCUT2D eigenvalue weighted by Crippen LogP contribution is -2.30. The predicted molar refractivity (Wildman–Crippen MR) is 132 cm³/mol. The molecule has 0 spiro atoms. The average molecular weight is 488 g/mol. The number of anilines is 2. The summed E-state index contributed by atoms with van der Waals surface area (Å²) in [5.74, 6) is 1.56. The summed E-state index contributed by atoms with van der Waals surface area (Å²) in [5.41, 5.74) is 0.295. The minimum Gasteiger partial charge on any atom is -0.357 e. The Morgan fingerprint density at radius 1 is 1.14 bits per heavy atom. The second-order valence-electron chi connectivity index (χ2n) is 10.1. The zero-order valence-corrected chi connectivity index (χ0v) is 20.3. The molecule has 8 nitrogen and oxygen atoms in total. The van der Waals surface area contributed by atoms with E-state index in [0.29, 0.717) is 17.5 Å². The molecule has 0 unspecified atom stereocenters. The van der Waals surface area contributed by atoms with Crippen LogP contribution in [0, 0.1) is 11.8 Å². The van der Waals surface area contributed by atoms with Crippen molar-refractivity contribution in [2.24, 2.45) is 11.8 Å². The van der Waals surface area contributed by atoms with Crippen LogP contribution in [0.5, 0.6) is 0 Å². The van der Waals surface area contributed by atoms with Crippen molar-refractivity contribution in [1.82, 2.24) is 24.4 Å². The van der Waals surface area contributed by atoms with Gasteiger partial charge in [0.05, 0.1) is 17.9 Å². The summed E-state index contributed by atoms with van der Waals surface area (Å²) in [4.78, 5) is 20.0. The molecular weight excluding hydrogens is 452 g/mol. The topological polar surface area (TPSA) is 80.4 Å². The Morgan fingerprint density at radius 2 is 1.89 bits per heavy atom. The molecule has 190 valence electrons. The van der Waals surface area contributed by atoms with E-state index in [9.17, 15) is 13.6 Å². The molecular formula is C25H35F2N7O. The van der Waals surface area contributed by atoms with Crippen molar-refractivity contribution in [2.45, 2.75) is 71.3 Å². The van der Waals surface area contributed by atoms with Crippen LogP contribution in [0.1, 0.15) is 88.7 Å². The van der Waals surface area contributed by atoms with Gasteiger partial charge in [-0.25, -0.2) is 18.3 Å². The number of nitrogens with one attached hydrogen (secondary N) is 1. The van der Waals surface area contributed by atoms with Crippen molar-refractivity contribution < 1.29 is 15.0 Å². The fraction of sp³-hybridized carbons (Fsp3) is 0.600. The number of rotatable bonds is 6. The van der Waals surface area contributed by atoms with Gasteiger partial charge in [0.15, 0.2) is 11.3 Å². The van der Waals surface area contributed by atoms with E-state index in [1.807, 2.05) is 6.07 Å². The van der Waals surface area contributed by atoms with Crippen LogP contribution in [0.2, 0.25) is 0 Å². The summed E-state index contributed by atoms with van der Waals surface area (Å²) >= 11 is 0. The van der Waals surface area contributed by atoms with Gasteiger partial charge in [-0.3, -0.25) is 9.48 Å². The van der Waals surface area contributed by atoms with Crippen LogP contribution < -0.4 is 10.2 Å². The number of piperidine rings is 1. The number of aromatic nitrogens is 5. The van der Waals surface area contributed by atoms with Crippen molar-refractivity contribution in [3.8, 4) is 0 Å². The maximum Gasteiger partial charge on any atom is 0.284 e. The number of amides is 1. The first-order valence-electron chi connectivity index (χ1n) is 12.7. The van der Waals surface area contributed by atoms with E-state index in [2.05, 4.69) is 39.2 Å². The smallest absolute Gasteiger partial charge is 0.284 e. The van der Waals surface area contributed by atoms with Crippen molar-refractivity contribution in [3.05, 3.63) is 35.9 Å². The highest BCUT2D eigenvalue weighted by Gasteiger charge is 2.28. The molecule has 2 aliphatic rings. The third kappa shape index (κ3) is 4.88. The molecule has 1 aliphatic carbocycles. The molecule has 10 heteroatoms. The Labute approximate surface area is 205 Å². The van der Waals surface area contributed by atoms with E-state index in [0.717, 1.165) is 57.4 Å². The molecule has 35 heavy (non-hydrogen) atoms. The summed E-state index contributed by atoms with van der Waals surface area (Å²) < 4.78 is 30.8. The maximum atomic E-state index is 13.8. The van der Waals surface area contributed by atoms with E-state index in [1.54, 1.807) is 17.1 Å². The summed E-state index contributed by atoms with van der Waals surface area (Å²) in [6.07, 6.45) is 9.31. The number of fused-ring (bicyclic) bond motifs is 1. The van der Waals surface area contributed by atoms with Gasteiger partial charge in [0, 0.05) is 26.9 Å². The monoisotopic (exact) mass is 487 g/mol. The van der Waals surface area contributed by atoms with Crippen molar-refractivity contribution in [2.75, 3.05) is 23.3 Å². The van der Waals surface area contributed by atoms with Crippen LogP contribution in [-0.2, 0) is 0 Å². The first-order valence-corrected chi connectivity index (χ1v) is 12.7. The molecule has 3 aromatic rings. The minimum atomic E-state index is -2.79. The summed E-state index contributed by atoms with van der Waals surface area (Å²) in [7, 11) is 0. The normalized spacial score (nSPS) is 21.3. The van der Waals surface area contributed by atoms with Crippen molar-refractivity contribution in [1.29, 1.82) is 0 Å². The molecule has 0 bridgehead atoms. The molecule has 1 saturated heterocycles. The molecule has 5 rings (SSSR count). The van der Waals surface area contributed by atoms with Gasteiger partial charge in [-0.2, -0.15) is 10.2 Å². The molecule has 4 heterocycles. The predicted octanol–water partition coefficient (Wildman–Crippen LogP) is 5.74. The summed E-state index contributed by atoms with van der Waals surface area (Å²) in [6, 6.07) is 1.96. The van der Waals surface area contributed by atoms with Gasteiger partial charge in [-0.1, -0.05) is 13.8 Å². The fourth-order valence-electron chi connectivity index (χ4n) is 5.39. The van der Waals surface area contributed by atoms with E-state index in [4.69, 9.17) is 0 Å². The number of nitrogens with zero attached hydrogens (tertiary/aromatic N) is 6. The van der Waals surface area contributed by atoms with Gasteiger partial charge in [-0.05, 0) is 62.8 Å². The maximum absolute atomic E-state index is 13.8. The standard InChI is InChI=1S/C25H33F2N7O.H2/c1-16(2)17-6-8-18(9-7-17)34-15-20(22(31-34)23(26)27)29-25(35)19-14-28-33-13-10-21(30-24(19)33)32-11-4-3-5-12-32;/h10,13-18,23H,3-9,11-12H2,1-2H3,(H,29,35);1H. The van der Waals surface area contributed by atoms with Crippen LogP contribution >= 0.6 is 0 Å². The summed E-state index contributed by atoms with van der Waals surface area (Å²) in [5, 5.41) is 11.1. The number of alkyl halides is 2. The first-order chi connectivity index (χ1) is 16.9. The van der Waals surface area contributed by atoms with Crippen molar-refractivity contribution >= 4 is 23.1 Å². The Hall–Kier alpha value is -3.04. The zero-order valence-electron chi connectivity index (χ0n) is 20.3. The number of hydrogen-bond donors (Lipinski definition) is 1. The Bertz CT molecular complexity index is 1180. The van der Waals surface area contributed by atoms with Gasteiger partial charge in [0.25, 0.3) is 12.3 Å². The van der Waals surface area contributed by atoms with E-state index >= 15 is 0 Å². The van der Waals surface area contributed by atoms with Crippen molar-refractivity contribution in [3.63, 3.8) is 0 Å². The van der Waals surface area contributed by atoms with Gasteiger partial charge < -0.3 is 10.2 Å². The summed E-state index contributed by atoms with van der Waals surface area (Å²) in [6.45, 7) is 6.31. The SMILES string of the molecule is CC(C)C1CCC(n2cc(NC(=O)c3cnn4ccc(N5CCCCC5)nc34)c(C(F)F)n2)CC1.[HH]. The quantitative estimate of drug-likeness (QED) is 0.480. The lowest BCUT2D eigenvalue weighted by atomic mass is 9.80. The zero-order chi connectivity index (χ0) is 24.5. The van der Waals surface area contributed by atoms with E-state index in [1.165, 1.54) is 17.1 Å². The van der Waals surface area contributed by atoms with Gasteiger partial charge >= 0.3 is 0 Å². The Kier molecular flexibility index (Phi) is 6.71. The highest BCUT2D eigenvalue weighted by atomic mass is 19.3. The van der Waals surface area contributed by atoms with Crippen LogP contribution in [0.25, 0.3) is 5.65 Å². The number of halogens is 2. The number of carbonyl (C=O) groups excluding carboxylic acids is 1. The molecule has 1 saturated carbocycles. The highest BCUT2D eigenvalue weighted by molar-refractivity contribution is 6.08. The van der Waals surface area contributed by atoms with Crippen LogP contribution in [0.4, 0.5) is 20.3 Å². The van der Waals surface area contributed by atoms with Crippen LogP contribution in [0.15, 0.2) is 24.7 Å². The third-order valence-electron chi connectivity index (χ3n) is 7.55. The lowest BCUT2D eigenvalue weighted by molar-refractivity contribution is 0.102. The average Bonchev–Trinajstić information content (AvgIpc) is 3.49. The second-order valence-corrected chi connectivity index (χ2v) is 10.1. The van der Waals surface area contributed by atoms with E-state index < -0.39 is 18.0 Å². The third-order valence-corrected chi connectivity index (χ3v) is 7.55. The molecule has 1 aliphatic heterocycles. The van der Waals surface area contributed by atoms with Gasteiger partial charge in [0.2, 0.25) is 0 Å². The highest BCUT2D eigenvalue weighted by Crippen LogP contribution is 2.37. The lowest BCUT2D eigenvalue weighted by Gasteiger charge is -2.30. The molecule has 1 N–H and O–H groups in total. The molecule has 1 amide bonds. The number of hydrogen-bond acceptors (Lipinski definition) is 5. The minimum absolute atomic E-state index is 0. The van der Waals surface area contributed by atoms with Crippen LogP contribution in [-0.4, -0.2) is 43.4 Å². The first kappa shape index (κ1) is 23.7. The molecule has 0 atom stereocenters. The van der Waals surface area contributed by atoms with Gasteiger partial charge in [0.1, 0.15) is 11.4 Å². The molecule has 0 aromatic carbocycles. The molecule has 2 fully saturated rings. The Balaban J connectivity index is 0.00000304. The largest absolute Gasteiger partial charge is 0.357 e. The Morgan fingerprint density at radius 3 is 2.57 bits per heavy atom. The van der Waals surface area contributed by atoms with Crippen LogP contribution in [0.3, 0.4) is 0 Å². The second kappa shape index (κ2) is 9.91. The van der Waals surface area contributed by atoms with E-state index in [-0.39, 0.29) is 18.7 Å². The van der Waals surface area contributed by atoms with Gasteiger partial charge in [-0.15, -0.1) is 0 Å². The molecule has 3 aromatic heterocycles.